The van der Waals surface area contributed by atoms with Crippen LogP contribution in [-0.2, 0) is 36.4 Å². The molecule has 0 amide bonds. The zero-order valence-electron chi connectivity index (χ0n) is 54.8. The van der Waals surface area contributed by atoms with Crippen LogP contribution in [0.15, 0.2) is 168 Å². The maximum absolute atomic E-state index is 7.65. The molecule has 81 heavy (non-hydrogen) atoms. The monoisotopic (exact) mass is 1250 g/mol. The second-order valence-corrected chi connectivity index (χ2v) is 25.2. The van der Waals surface area contributed by atoms with E-state index in [4.69, 9.17) is 17.6 Å². The number of nitrogens with zero attached hydrogens (tertiary/aromatic N) is 4. The topological polar surface area (TPSA) is 56.7 Å². The van der Waals surface area contributed by atoms with Crippen LogP contribution in [0.3, 0.4) is 0 Å². The van der Waals surface area contributed by atoms with Gasteiger partial charge in [-0.15, -0.1) is 53.6 Å². The quantitative estimate of drug-likeness (QED) is 0.118. The van der Waals surface area contributed by atoms with Crippen molar-refractivity contribution in [2.45, 2.75) is 132 Å². The minimum absolute atomic E-state index is 0. The van der Waals surface area contributed by atoms with Gasteiger partial charge >= 0.3 is 0 Å². The summed E-state index contributed by atoms with van der Waals surface area (Å²) in [5, 5.41) is 6.99. The Labute approximate surface area is 501 Å². The summed E-state index contributed by atoms with van der Waals surface area (Å²) in [6.45, 7) is 24.2. The predicted molar refractivity (Wildman–Crippen MR) is 339 cm³/mol. The molecule has 0 aliphatic heterocycles. The number of benzene rings is 9. The molecule has 411 valence electrons. The van der Waals surface area contributed by atoms with Gasteiger partial charge in [0.05, 0.1) is 28.3 Å². The molecule has 12 rings (SSSR count). The van der Waals surface area contributed by atoms with E-state index >= 15 is 0 Å². The van der Waals surface area contributed by atoms with Crippen molar-refractivity contribution in [3.05, 3.63) is 215 Å². The number of aryl methyl sites for hydroxylation is 2. The molecule has 0 aliphatic carbocycles. The summed E-state index contributed by atoms with van der Waals surface area (Å²) in [5.74, 6) is 1.63. The van der Waals surface area contributed by atoms with E-state index in [-0.39, 0.29) is 53.9 Å². The van der Waals surface area contributed by atoms with Crippen LogP contribution in [0.25, 0.3) is 105 Å². The Kier molecular flexibility index (Phi) is 13.3. The number of aromatic nitrogens is 4. The van der Waals surface area contributed by atoms with Crippen molar-refractivity contribution < 1.29 is 32.7 Å². The largest absolute Gasteiger partial charge is 0.501 e. The van der Waals surface area contributed by atoms with Crippen LogP contribution >= 0.6 is 0 Å². The van der Waals surface area contributed by atoms with Gasteiger partial charge in [-0.25, -0.2) is 0 Å². The average molecular weight is 1250 g/mol. The van der Waals surface area contributed by atoms with E-state index in [1.807, 2.05) is 26.8 Å². The zero-order chi connectivity index (χ0) is 61.6. The minimum atomic E-state index is -2.30. The molecule has 0 fully saturated rings. The molecule has 0 aliphatic rings. The van der Waals surface area contributed by atoms with Gasteiger partial charge in [-0.05, 0) is 138 Å². The summed E-state index contributed by atoms with van der Waals surface area (Å²) in [5.41, 5.74) is 16.9. The molecule has 9 aromatic carbocycles. The summed E-state index contributed by atoms with van der Waals surface area (Å²) >= 11 is 0. The maximum atomic E-state index is 7.65. The smallest absolute Gasteiger partial charge is 0.121 e. The van der Waals surface area contributed by atoms with Crippen molar-refractivity contribution in [2.75, 3.05) is 0 Å². The molecule has 0 N–H and O–H groups in total. The average Bonchev–Trinajstić information content (AvgIpc) is 1.98. The molecule has 12 aromatic rings. The molecule has 0 bridgehead atoms. The van der Waals surface area contributed by atoms with Crippen LogP contribution in [0.2, 0.25) is 0 Å². The molecule has 0 saturated heterocycles. The van der Waals surface area contributed by atoms with Gasteiger partial charge in [0.1, 0.15) is 5.58 Å². The van der Waals surface area contributed by atoms with Crippen molar-refractivity contribution in [3.63, 3.8) is 0 Å². The first-order chi connectivity index (χ1) is 40.4. The predicted octanol–water partition coefficient (Wildman–Crippen LogP) is 20.7. The van der Waals surface area contributed by atoms with E-state index in [0.717, 1.165) is 44.4 Å². The number of imidazole rings is 1. The first-order valence-electron chi connectivity index (χ1n) is 31.0. The first-order valence-corrected chi connectivity index (χ1v) is 28.0. The van der Waals surface area contributed by atoms with Crippen LogP contribution in [0.1, 0.15) is 149 Å². The third kappa shape index (κ3) is 11.1. The molecule has 0 unspecified atom stereocenters. The van der Waals surface area contributed by atoms with E-state index in [1.165, 1.54) is 90.1 Å². The standard InChI is InChI=1S/C59H55N2O.C16H19N2.Ir/c1-35(2)48-31-42(38-24-22-37(23-25-38)41-28-43(58(5,6)7)33-44(29-41)59(8,9)10)32-49(36(3)4)55(48)61-53-21-14-13-20-52(53)60-57(61)47-19-15-18-46-51-30-40-27-26-39-16-11-12-17-45(39)50(40)34-54(51)62-56(46)47;1-11-6-8-13(9-7-11)15-17-10-12(2)14(18-15)16(3,4)5;/h11-18,20-36H,1-10H3;6-8,10H,1-5H3;/q2*-1;/i;1D3,2D3;. The van der Waals surface area contributed by atoms with Crippen molar-refractivity contribution in [3.8, 4) is 50.7 Å². The summed E-state index contributed by atoms with van der Waals surface area (Å²) in [4.78, 5) is 14.0. The number of hydrogen-bond acceptors (Lipinski definition) is 4. The van der Waals surface area contributed by atoms with Crippen molar-refractivity contribution in [1.29, 1.82) is 0 Å². The fourth-order valence-corrected chi connectivity index (χ4v) is 11.0. The van der Waals surface area contributed by atoms with E-state index in [2.05, 4.69) is 229 Å². The van der Waals surface area contributed by atoms with Crippen LogP contribution < -0.4 is 0 Å². The van der Waals surface area contributed by atoms with Gasteiger partial charge in [-0.3, -0.25) is 15.0 Å². The van der Waals surface area contributed by atoms with Crippen molar-refractivity contribution >= 4 is 54.5 Å². The van der Waals surface area contributed by atoms with Crippen molar-refractivity contribution in [2.24, 2.45) is 0 Å². The fourth-order valence-electron chi connectivity index (χ4n) is 11.0. The Morgan fingerprint density at radius 3 is 1.81 bits per heavy atom. The Morgan fingerprint density at radius 2 is 1.20 bits per heavy atom. The number of hydrogen-bond donors (Lipinski definition) is 0. The Balaban J connectivity index is 0.000000282. The molecule has 5 nitrogen and oxygen atoms in total. The third-order valence-electron chi connectivity index (χ3n) is 15.5. The fraction of sp³-hybridized carbons (Fsp3) is 0.267. The molecule has 0 saturated carbocycles. The molecular formula is C75H74IrN4O-2. The van der Waals surface area contributed by atoms with Crippen LogP contribution in [0.5, 0.6) is 0 Å². The zero-order valence-corrected chi connectivity index (χ0v) is 51.2. The number of fused-ring (bicyclic) bond motifs is 7. The second-order valence-electron chi connectivity index (χ2n) is 25.2. The van der Waals surface area contributed by atoms with Gasteiger partial charge in [-0.1, -0.05) is 199 Å². The normalized spacial score (nSPS) is 13.7. The van der Waals surface area contributed by atoms with Gasteiger partial charge in [0.15, 0.2) is 0 Å². The van der Waals surface area contributed by atoms with E-state index in [9.17, 15) is 0 Å². The van der Waals surface area contributed by atoms with Gasteiger partial charge in [0.2, 0.25) is 0 Å². The molecule has 0 atom stereocenters. The molecule has 3 aromatic heterocycles. The van der Waals surface area contributed by atoms with Gasteiger partial charge in [0.25, 0.3) is 0 Å². The molecule has 6 heteroatoms. The van der Waals surface area contributed by atoms with E-state index < -0.39 is 19.1 Å². The van der Waals surface area contributed by atoms with Gasteiger partial charge in [-0.2, -0.15) is 0 Å². The number of para-hydroxylation sites is 2. The minimum Gasteiger partial charge on any atom is -0.501 e. The number of furan rings is 1. The van der Waals surface area contributed by atoms with Crippen molar-refractivity contribution in [1.82, 2.24) is 19.5 Å². The van der Waals surface area contributed by atoms with E-state index in [0.29, 0.717) is 17.1 Å². The van der Waals surface area contributed by atoms with Crippen LogP contribution in [0.4, 0.5) is 0 Å². The Hall–Kier alpha value is -7.50. The van der Waals surface area contributed by atoms with Gasteiger partial charge in [0, 0.05) is 56.7 Å². The summed E-state index contributed by atoms with van der Waals surface area (Å²) in [6, 6.07) is 62.3. The maximum Gasteiger partial charge on any atom is 0.121 e. The molecule has 0 spiro atoms. The van der Waals surface area contributed by atoms with E-state index in [1.54, 1.807) is 6.07 Å². The molecule has 1 radical (unpaired) electrons. The van der Waals surface area contributed by atoms with Crippen LogP contribution in [0, 0.1) is 25.8 Å². The van der Waals surface area contributed by atoms with Gasteiger partial charge < -0.3 is 8.98 Å². The second kappa shape index (κ2) is 21.8. The first kappa shape index (κ1) is 49.3. The molecule has 3 heterocycles. The summed E-state index contributed by atoms with van der Waals surface area (Å²) in [7, 11) is 0. The SMILES string of the molecule is CC(C)c1cc(-c2ccc(-c3cc(C(C)(C)C)cc(C(C)(C)C)c3)cc2)cc(C(C)C)c1-n1c(-c2[c-]ccc3c2oc2cc4c(ccc5ccccc54)cc23)nc2ccccc21.[2H]C([2H])([2H])c1c[c-]c(-c2ncc(C([2H])([2H])[2H])c(C(C)(C)C)n2)cc1.[Ir]. The number of rotatable bonds is 7. The van der Waals surface area contributed by atoms with Crippen LogP contribution in [-0.4, -0.2) is 19.5 Å². The Morgan fingerprint density at radius 1 is 0.556 bits per heavy atom. The summed E-state index contributed by atoms with van der Waals surface area (Å²) < 4.78 is 54.4. The Bertz CT molecular complexity index is 4490. The third-order valence-corrected chi connectivity index (χ3v) is 15.5. The molecular weight excluding hydrogens is 1170 g/mol. The summed E-state index contributed by atoms with van der Waals surface area (Å²) in [6.07, 6.45) is 1.32.